The van der Waals surface area contributed by atoms with Gasteiger partial charge in [-0.15, -0.1) is 0 Å². The summed E-state index contributed by atoms with van der Waals surface area (Å²) in [6.07, 6.45) is 0.613. The van der Waals surface area contributed by atoms with E-state index in [0.29, 0.717) is 11.3 Å². The number of nitrogens with zero attached hydrogens (tertiary/aromatic N) is 1. The molecule has 0 unspecified atom stereocenters. The Kier molecular flexibility index (Phi) is 4.98. The highest BCUT2D eigenvalue weighted by atomic mass is 32.2. The molecule has 0 atom stereocenters. The quantitative estimate of drug-likeness (QED) is 0.869. The maximum atomic E-state index is 11.9. The summed E-state index contributed by atoms with van der Waals surface area (Å²) < 4.78 is 23.8. The molecule has 4 nitrogen and oxygen atoms in total. The van der Waals surface area contributed by atoms with Crippen molar-refractivity contribution >= 4 is 15.5 Å². The Morgan fingerprint density at radius 2 is 1.74 bits per heavy atom. The zero-order valence-electron chi connectivity index (χ0n) is 12.0. The first-order chi connectivity index (χ1) is 8.74. The normalized spacial score (nSPS) is 12.5. The van der Waals surface area contributed by atoms with Crippen LogP contribution in [0, 0.1) is 0 Å². The van der Waals surface area contributed by atoms with Crippen LogP contribution in [-0.4, -0.2) is 38.5 Å². The summed E-state index contributed by atoms with van der Waals surface area (Å²) in [5, 5.41) is 9.34. The molecule has 0 aromatic heterocycles. The van der Waals surface area contributed by atoms with Gasteiger partial charge in [-0.05, 0) is 44.5 Å². The van der Waals surface area contributed by atoms with Crippen LogP contribution in [0.25, 0.3) is 0 Å². The van der Waals surface area contributed by atoms with Gasteiger partial charge in [-0.3, -0.25) is 0 Å². The lowest BCUT2D eigenvalue weighted by Crippen LogP contribution is -2.44. The van der Waals surface area contributed by atoms with Gasteiger partial charge in [0.15, 0.2) is 9.84 Å². The second kappa shape index (κ2) is 5.92. The second-order valence-corrected chi connectivity index (χ2v) is 7.45. The lowest BCUT2D eigenvalue weighted by atomic mass is 10.0. The van der Waals surface area contributed by atoms with Crippen molar-refractivity contribution in [1.82, 2.24) is 0 Å². The molecule has 0 aliphatic rings. The molecule has 1 rings (SSSR count). The summed E-state index contributed by atoms with van der Waals surface area (Å²) >= 11 is 0. The molecule has 1 aromatic rings. The summed E-state index contributed by atoms with van der Waals surface area (Å²) in [6.45, 7) is 5.73. The molecule has 0 saturated heterocycles. The van der Waals surface area contributed by atoms with E-state index in [-0.39, 0.29) is 17.9 Å². The number of benzene rings is 1. The molecular formula is C14H23NO3S. The molecule has 0 radical (unpaired) electrons. The van der Waals surface area contributed by atoms with E-state index < -0.39 is 9.84 Å². The first kappa shape index (κ1) is 16.0. The van der Waals surface area contributed by atoms with Gasteiger partial charge in [0.25, 0.3) is 0 Å². The average molecular weight is 285 g/mol. The third kappa shape index (κ3) is 3.70. The predicted molar refractivity (Wildman–Crippen MR) is 78.4 cm³/mol. The molecule has 0 aliphatic heterocycles. The van der Waals surface area contributed by atoms with E-state index in [1.807, 2.05) is 32.7 Å². The van der Waals surface area contributed by atoms with Crippen LogP contribution < -0.4 is 4.90 Å². The molecule has 0 bridgehead atoms. The number of hydrogen-bond acceptors (Lipinski definition) is 4. The molecule has 0 heterocycles. The average Bonchev–Trinajstić information content (AvgIpc) is 2.38. The molecule has 0 fully saturated rings. The fourth-order valence-corrected chi connectivity index (χ4v) is 3.04. The maximum absolute atomic E-state index is 11.9. The van der Waals surface area contributed by atoms with E-state index in [1.165, 1.54) is 0 Å². The minimum Gasteiger partial charge on any atom is -0.394 e. The van der Waals surface area contributed by atoms with Crippen LogP contribution in [0.5, 0.6) is 0 Å². The van der Waals surface area contributed by atoms with E-state index in [0.717, 1.165) is 5.69 Å². The van der Waals surface area contributed by atoms with Crippen molar-refractivity contribution in [3.8, 4) is 0 Å². The highest BCUT2D eigenvalue weighted by Crippen LogP contribution is 2.24. The van der Waals surface area contributed by atoms with Crippen molar-refractivity contribution < 1.29 is 13.5 Å². The molecule has 108 valence electrons. The van der Waals surface area contributed by atoms with Gasteiger partial charge < -0.3 is 10.0 Å². The van der Waals surface area contributed by atoms with Crippen LogP contribution in [0.2, 0.25) is 0 Å². The Hall–Kier alpha value is -1.07. The standard InChI is InChI=1S/C14H23NO3S/c1-5-10-19(17,18)13-8-6-12(7-9-13)15(4)14(2,3)11-16/h6-9,16H,5,10-11H2,1-4H3. The Morgan fingerprint density at radius 1 is 1.21 bits per heavy atom. The fourth-order valence-electron chi connectivity index (χ4n) is 1.72. The third-order valence-corrected chi connectivity index (χ3v) is 5.29. The second-order valence-electron chi connectivity index (χ2n) is 5.34. The van der Waals surface area contributed by atoms with E-state index in [9.17, 15) is 13.5 Å². The number of anilines is 1. The molecule has 1 N–H and O–H groups in total. The zero-order chi connectivity index (χ0) is 14.7. The first-order valence-electron chi connectivity index (χ1n) is 6.42. The first-order valence-corrected chi connectivity index (χ1v) is 8.07. The monoisotopic (exact) mass is 285 g/mol. The lowest BCUT2D eigenvalue weighted by molar-refractivity contribution is 0.216. The van der Waals surface area contributed by atoms with Gasteiger partial charge in [0, 0.05) is 12.7 Å². The number of likely N-dealkylation sites (N-methyl/N-ethyl adjacent to an activating group) is 1. The Bertz CT molecular complexity index is 506. The minimum atomic E-state index is -3.16. The number of aliphatic hydroxyl groups is 1. The van der Waals surface area contributed by atoms with Gasteiger partial charge in [0.2, 0.25) is 0 Å². The van der Waals surface area contributed by atoms with E-state index in [2.05, 4.69) is 0 Å². The highest BCUT2D eigenvalue weighted by molar-refractivity contribution is 7.91. The fraction of sp³-hybridized carbons (Fsp3) is 0.571. The van der Waals surface area contributed by atoms with E-state index in [1.54, 1.807) is 24.3 Å². The molecule has 0 aliphatic carbocycles. The summed E-state index contributed by atoms with van der Waals surface area (Å²) in [5.41, 5.74) is 0.499. The molecule has 0 amide bonds. The van der Waals surface area contributed by atoms with Crippen molar-refractivity contribution in [2.75, 3.05) is 24.3 Å². The van der Waals surface area contributed by atoms with Crippen LogP contribution >= 0.6 is 0 Å². The highest BCUT2D eigenvalue weighted by Gasteiger charge is 2.23. The Balaban J connectivity index is 3.01. The molecule has 5 heteroatoms. The van der Waals surface area contributed by atoms with Crippen LogP contribution in [0.4, 0.5) is 5.69 Å². The minimum absolute atomic E-state index is 0.0272. The van der Waals surface area contributed by atoms with Crippen LogP contribution in [0.1, 0.15) is 27.2 Å². The molecule has 0 spiro atoms. The largest absolute Gasteiger partial charge is 0.394 e. The molecular weight excluding hydrogens is 262 g/mol. The summed E-state index contributed by atoms with van der Waals surface area (Å²) in [4.78, 5) is 2.29. The molecule has 19 heavy (non-hydrogen) atoms. The number of aliphatic hydroxyl groups excluding tert-OH is 1. The third-order valence-electron chi connectivity index (χ3n) is 3.35. The summed E-state index contributed by atoms with van der Waals surface area (Å²) in [5.74, 6) is 0.171. The number of hydrogen-bond donors (Lipinski definition) is 1. The van der Waals surface area contributed by atoms with Gasteiger partial charge in [-0.1, -0.05) is 6.92 Å². The van der Waals surface area contributed by atoms with Gasteiger partial charge >= 0.3 is 0 Å². The van der Waals surface area contributed by atoms with E-state index in [4.69, 9.17) is 0 Å². The van der Waals surface area contributed by atoms with Gasteiger partial charge in [0.05, 0.1) is 22.8 Å². The van der Waals surface area contributed by atoms with Crippen molar-refractivity contribution in [3.05, 3.63) is 24.3 Å². The van der Waals surface area contributed by atoms with Crippen LogP contribution in [0.3, 0.4) is 0 Å². The Morgan fingerprint density at radius 3 is 2.16 bits per heavy atom. The Labute approximate surface area is 116 Å². The van der Waals surface area contributed by atoms with Crippen LogP contribution in [0.15, 0.2) is 29.2 Å². The summed E-state index contributed by atoms with van der Waals surface area (Å²) in [7, 11) is -1.28. The lowest BCUT2D eigenvalue weighted by Gasteiger charge is -2.35. The van der Waals surface area contributed by atoms with Crippen LogP contribution in [-0.2, 0) is 9.84 Å². The summed E-state index contributed by atoms with van der Waals surface area (Å²) in [6, 6.07) is 6.81. The smallest absolute Gasteiger partial charge is 0.178 e. The van der Waals surface area contributed by atoms with Crippen molar-refractivity contribution in [2.24, 2.45) is 0 Å². The predicted octanol–water partition coefficient (Wildman–Crippen LogP) is 2.08. The van der Waals surface area contributed by atoms with Crippen molar-refractivity contribution in [3.63, 3.8) is 0 Å². The number of rotatable bonds is 6. The topological polar surface area (TPSA) is 57.6 Å². The van der Waals surface area contributed by atoms with Crippen molar-refractivity contribution in [1.29, 1.82) is 0 Å². The van der Waals surface area contributed by atoms with Gasteiger partial charge in [0.1, 0.15) is 0 Å². The maximum Gasteiger partial charge on any atom is 0.178 e. The number of sulfone groups is 1. The van der Waals surface area contributed by atoms with Crippen molar-refractivity contribution in [2.45, 2.75) is 37.6 Å². The molecule has 0 saturated carbocycles. The molecule has 1 aromatic carbocycles. The SMILES string of the molecule is CCCS(=O)(=O)c1ccc(N(C)C(C)(C)CO)cc1. The van der Waals surface area contributed by atoms with Gasteiger partial charge in [-0.2, -0.15) is 0 Å². The van der Waals surface area contributed by atoms with Gasteiger partial charge in [-0.25, -0.2) is 8.42 Å². The van der Waals surface area contributed by atoms with E-state index >= 15 is 0 Å². The zero-order valence-corrected chi connectivity index (χ0v) is 12.9.